The number of halogens is 1. The fourth-order valence-corrected chi connectivity index (χ4v) is 4.89. The Morgan fingerprint density at radius 1 is 1.20 bits per heavy atom. The minimum atomic E-state index is -0.164. The van der Waals surface area contributed by atoms with E-state index < -0.39 is 0 Å². The lowest BCUT2D eigenvalue weighted by molar-refractivity contribution is -0.00510. The van der Waals surface area contributed by atoms with Gasteiger partial charge in [-0.1, -0.05) is 41.9 Å². The topological polar surface area (TPSA) is 70.8 Å². The summed E-state index contributed by atoms with van der Waals surface area (Å²) in [7, 11) is 3.73. The van der Waals surface area contributed by atoms with E-state index in [2.05, 4.69) is 52.5 Å². The number of nitrogens with zero attached hydrogens (tertiary/aromatic N) is 2. The number of piperidine rings is 1. The second-order valence-electron chi connectivity index (χ2n) is 8.37. The lowest BCUT2D eigenvalue weighted by Gasteiger charge is -2.51. The van der Waals surface area contributed by atoms with Gasteiger partial charge < -0.3 is 15.8 Å². The molecule has 2 aromatic rings. The summed E-state index contributed by atoms with van der Waals surface area (Å²) < 4.78 is 5.34. The Morgan fingerprint density at radius 3 is 2.50 bits per heavy atom. The van der Waals surface area contributed by atoms with Crippen LogP contribution in [-0.4, -0.2) is 61.1 Å². The van der Waals surface area contributed by atoms with Crippen LogP contribution < -0.4 is 15.8 Å². The molecule has 2 fully saturated rings. The molecule has 2 aromatic carbocycles. The number of piperazine rings is 1. The van der Waals surface area contributed by atoms with Crippen molar-refractivity contribution >= 4 is 23.2 Å². The first-order valence-corrected chi connectivity index (χ1v) is 10.7. The summed E-state index contributed by atoms with van der Waals surface area (Å²) in [6.07, 6.45) is 1.85. The van der Waals surface area contributed by atoms with E-state index in [1.54, 1.807) is 12.1 Å². The minimum absolute atomic E-state index is 0.128. The number of benzene rings is 2. The fourth-order valence-electron chi connectivity index (χ4n) is 4.73. The Kier molecular flexibility index (Phi) is 6.18. The molecule has 2 atom stereocenters. The SMILES string of the molecule is COc1cc(N)c(Cl)cc1C(=O)NC1CC2CN(Cc3ccccc3)CC(C1)N2C. The van der Waals surface area contributed by atoms with Gasteiger partial charge in [0, 0.05) is 43.8 Å². The molecular formula is C23H29ClN4O2. The largest absolute Gasteiger partial charge is 0.496 e. The third-order valence-corrected chi connectivity index (χ3v) is 6.68. The van der Waals surface area contributed by atoms with Crippen molar-refractivity contribution in [2.24, 2.45) is 0 Å². The van der Waals surface area contributed by atoms with E-state index >= 15 is 0 Å². The van der Waals surface area contributed by atoms with Crippen molar-refractivity contribution in [3.8, 4) is 5.75 Å². The van der Waals surface area contributed by atoms with Crippen LogP contribution in [0.15, 0.2) is 42.5 Å². The summed E-state index contributed by atoms with van der Waals surface area (Å²) in [4.78, 5) is 18.0. The summed E-state index contributed by atoms with van der Waals surface area (Å²) in [5.74, 6) is 0.277. The number of ether oxygens (including phenoxy) is 1. The van der Waals surface area contributed by atoms with Gasteiger partial charge in [-0.25, -0.2) is 0 Å². The number of hydrogen-bond acceptors (Lipinski definition) is 5. The van der Waals surface area contributed by atoms with Crippen molar-refractivity contribution in [2.75, 3.05) is 33.0 Å². The van der Waals surface area contributed by atoms with Gasteiger partial charge in [-0.05, 0) is 31.5 Å². The Balaban J connectivity index is 1.41. The van der Waals surface area contributed by atoms with Crippen LogP contribution in [-0.2, 0) is 6.54 Å². The van der Waals surface area contributed by atoms with Crippen LogP contribution in [0.4, 0.5) is 5.69 Å². The van der Waals surface area contributed by atoms with Crippen LogP contribution in [0.2, 0.25) is 5.02 Å². The number of carbonyl (C=O) groups is 1. The average Bonchev–Trinajstić information content (AvgIpc) is 2.72. The highest BCUT2D eigenvalue weighted by Crippen LogP contribution is 2.31. The number of likely N-dealkylation sites (tertiary alicyclic amines) is 1. The molecule has 2 aliphatic rings. The van der Waals surface area contributed by atoms with Crippen molar-refractivity contribution < 1.29 is 9.53 Å². The second-order valence-corrected chi connectivity index (χ2v) is 8.78. The zero-order chi connectivity index (χ0) is 21.3. The molecule has 6 nitrogen and oxygen atoms in total. The van der Waals surface area contributed by atoms with Gasteiger partial charge in [0.2, 0.25) is 0 Å². The Labute approximate surface area is 182 Å². The number of fused-ring (bicyclic) bond motifs is 2. The Bertz CT molecular complexity index is 892. The van der Waals surface area contributed by atoms with E-state index in [1.807, 2.05) is 0 Å². The van der Waals surface area contributed by atoms with Gasteiger partial charge in [0.1, 0.15) is 5.75 Å². The van der Waals surface area contributed by atoms with Crippen molar-refractivity contribution in [3.63, 3.8) is 0 Å². The van der Waals surface area contributed by atoms with Gasteiger partial charge in [-0.15, -0.1) is 0 Å². The Morgan fingerprint density at radius 2 is 1.87 bits per heavy atom. The number of nitrogens with one attached hydrogen (secondary N) is 1. The maximum atomic E-state index is 12.9. The first-order chi connectivity index (χ1) is 14.4. The monoisotopic (exact) mass is 428 g/mol. The molecule has 0 spiro atoms. The number of amides is 1. The zero-order valence-electron chi connectivity index (χ0n) is 17.5. The van der Waals surface area contributed by atoms with Crippen LogP contribution in [0.3, 0.4) is 0 Å². The van der Waals surface area contributed by atoms with Crippen molar-refractivity contribution in [3.05, 3.63) is 58.6 Å². The molecule has 0 saturated carbocycles. The van der Waals surface area contributed by atoms with Crippen LogP contribution >= 0.6 is 11.6 Å². The molecule has 2 bridgehead atoms. The number of nitrogens with two attached hydrogens (primary N) is 1. The van der Waals surface area contributed by atoms with Gasteiger partial charge in [0.25, 0.3) is 5.91 Å². The standard InChI is InChI=1S/C23H29ClN4O2/c1-27-17-8-16(26-23(29)19-10-20(24)21(25)11-22(19)30-2)9-18(27)14-28(13-17)12-15-6-4-3-5-7-15/h3-7,10-11,16-18H,8-9,12-14,25H2,1-2H3,(H,26,29). The molecule has 30 heavy (non-hydrogen) atoms. The summed E-state index contributed by atoms with van der Waals surface area (Å²) >= 11 is 6.14. The van der Waals surface area contributed by atoms with E-state index in [-0.39, 0.29) is 11.9 Å². The number of hydrogen-bond donors (Lipinski definition) is 2. The molecule has 2 unspecified atom stereocenters. The Hall–Kier alpha value is -2.28. The minimum Gasteiger partial charge on any atom is -0.496 e. The maximum absolute atomic E-state index is 12.9. The van der Waals surface area contributed by atoms with Gasteiger partial charge >= 0.3 is 0 Å². The van der Waals surface area contributed by atoms with E-state index in [4.69, 9.17) is 22.1 Å². The molecular weight excluding hydrogens is 400 g/mol. The molecule has 0 radical (unpaired) electrons. The average molecular weight is 429 g/mol. The van der Waals surface area contributed by atoms with E-state index in [0.29, 0.717) is 34.1 Å². The van der Waals surface area contributed by atoms with E-state index in [1.165, 1.54) is 12.7 Å². The van der Waals surface area contributed by atoms with Crippen LogP contribution in [0.5, 0.6) is 5.75 Å². The van der Waals surface area contributed by atoms with Crippen LogP contribution in [0.1, 0.15) is 28.8 Å². The molecule has 2 heterocycles. The van der Waals surface area contributed by atoms with Crippen molar-refractivity contribution in [1.29, 1.82) is 0 Å². The summed E-state index contributed by atoms with van der Waals surface area (Å²) in [6.45, 7) is 2.98. The van der Waals surface area contributed by atoms with Crippen molar-refractivity contribution in [1.82, 2.24) is 15.1 Å². The second kappa shape index (κ2) is 8.84. The number of nitrogen functional groups attached to an aromatic ring is 1. The van der Waals surface area contributed by atoms with Gasteiger partial charge in [0.15, 0.2) is 0 Å². The molecule has 4 rings (SSSR count). The number of methoxy groups -OCH3 is 1. The lowest BCUT2D eigenvalue weighted by Crippen LogP contribution is -2.63. The van der Waals surface area contributed by atoms with Gasteiger partial charge in [0.05, 0.1) is 23.4 Å². The number of likely N-dealkylation sites (N-methyl/N-ethyl adjacent to an activating group) is 1. The van der Waals surface area contributed by atoms with Crippen LogP contribution in [0, 0.1) is 0 Å². The summed E-state index contributed by atoms with van der Waals surface area (Å²) in [6, 6.07) is 14.8. The summed E-state index contributed by atoms with van der Waals surface area (Å²) in [5, 5.41) is 3.57. The predicted molar refractivity (Wildman–Crippen MR) is 120 cm³/mol. The normalized spacial score (nSPS) is 24.4. The first kappa shape index (κ1) is 21.0. The summed E-state index contributed by atoms with van der Waals surface area (Å²) in [5.41, 5.74) is 8.01. The van der Waals surface area contributed by atoms with Crippen LogP contribution in [0.25, 0.3) is 0 Å². The highest BCUT2D eigenvalue weighted by atomic mass is 35.5. The fraction of sp³-hybridized carbons (Fsp3) is 0.435. The third-order valence-electron chi connectivity index (χ3n) is 6.35. The van der Waals surface area contributed by atoms with E-state index in [0.717, 1.165) is 32.5 Å². The number of anilines is 1. The highest BCUT2D eigenvalue weighted by molar-refractivity contribution is 6.33. The molecule has 2 aliphatic heterocycles. The molecule has 2 saturated heterocycles. The highest BCUT2D eigenvalue weighted by Gasteiger charge is 2.39. The predicted octanol–water partition coefficient (Wildman–Crippen LogP) is 3.01. The number of carbonyl (C=O) groups excluding carboxylic acids is 1. The number of rotatable bonds is 5. The molecule has 7 heteroatoms. The molecule has 160 valence electrons. The zero-order valence-corrected chi connectivity index (χ0v) is 18.2. The molecule has 1 amide bonds. The molecule has 0 aliphatic carbocycles. The van der Waals surface area contributed by atoms with Crippen molar-refractivity contribution in [2.45, 2.75) is 37.5 Å². The lowest BCUT2D eigenvalue weighted by atomic mass is 9.87. The molecule has 0 aromatic heterocycles. The van der Waals surface area contributed by atoms with Gasteiger partial charge in [-0.3, -0.25) is 14.6 Å². The third kappa shape index (κ3) is 4.41. The maximum Gasteiger partial charge on any atom is 0.255 e. The molecule has 3 N–H and O–H groups in total. The first-order valence-electron chi connectivity index (χ1n) is 10.4. The van der Waals surface area contributed by atoms with E-state index in [9.17, 15) is 4.79 Å². The quantitative estimate of drug-likeness (QED) is 0.716. The smallest absolute Gasteiger partial charge is 0.255 e. The van der Waals surface area contributed by atoms with Gasteiger partial charge in [-0.2, -0.15) is 0 Å².